The Labute approximate surface area is 151 Å². The lowest BCUT2D eigenvalue weighted by molar-refractivity contribution is 0.252. The number of para-hydroxylation sites is 1. The number of urea groups is 1. The smallest absolute Gasteiger partial charge is 0.319 e. The molecule has 0 spiro atoms. The highest BCUT2D eigenvalue weighted by atomic mass is 16.2. The predicted molar refractivity (Wildman–Crippen MR) is 101 cm³/mol. The molecule has 0 bridgehead atoms. The number of aromatic nitrogens is 4. The van der Waals surface area contributed by atoms with Gasteiger partial charge in [0.15, 0.2) is 5.82 Å². The van der Waals surface area contributed by atoms with Crippen molar-refractivity contribution in [2.45, 2.75) is 13.8 Å². The van der Waals surface area contributed by atoms with Gasteiger partial charge in [-0.2, -0.15) is 5.10 Å². The largest absolute Gasteiger partial charge is 0.368 e. The maximum absolute atomic E-state index is 11.8. The van der Waals surface area contributed by atoms with E-state index in [1.54, 1.807) is 4.68 Å². The molecule has 0 saturated carbocycles. The molecule has 134 valence electrons. The first-order valence-electron chi connectivity index (χ1n) is 8.31. The molecule has 2 amide bonds. The molecule has 3 aromatic rings. The van der Waals surface area contributed by atoms with E-state index in [9.17, 15) is 4.79 Å². The number of benzene rings is 1. The van der Waals surface area contributed by atoms with E-state index in [1.165, 1.54) is 6.33 Å². The molecular weight excluding hydrogens is 330 g/mol. The number of hydrogen-bond acceptors (Lipinski definition) is 5. The van der Waals surface area contributed by atoms with E-state index in [0.29, 0.717) is 24.7 Å². The summed E-state index contributed by atoms with van der Waals surface area (Å²) >= 11 is 0. The molecule has 0 atom stereocenters. The van der Waals surface area contributed by atoms with Crippen LogP contribution in [0, 0.1) is 13.8 Å². The van der Waals surface area contributed by atoms with E-state index in [-0.39, 0.29) is 6.03 Å². The van der Waals surface area contributed by atoms with Gasteiger partial charge in [-0.3, -0.25) is 0 Å². The first-order chi connectivity index (χ1) is 12.6. The zero-order chi connectivity index (χ0) is 18.4. The first kappa shape index (κ1) is 17.4. The molecule has 1 aromatic carbocycles. The van der Waals surface area contributed by atoms with Gasteiger partial charge in [-0.05, 0) is 32.0 Å². The number of rotatable bonds is 6. The minimum atomic E-state index is -0.246. The summed E-state index contributed by atoms with van der Waals surface area (Å²) in [5.41, 5.74) is 2.69. The van der Waals surface area contributed by atoms with E-state index in [0.717, 1.165) is 17.1 Å². The first-order valence-corrected chi connectivity index (χ1v) is 8.31. The van der Waals surface area contributed by atoms with Gasteiger partial charge in [0, 0.05) is 30.5 Å². The fourth-order valence-corrected chi connectivity index (χ4v) is 2.48. The average molecular weight is 351 g/mol. The Kier molecular flexibility index (Phi) is 5.43. The third-order valence-corrected chi connectivity index (χ3v) is 3.63. The number of anilines is 2. The number of carbonyl (C=O) groups excluding carboxylic acids is 1. The van der Waals surface area contributed by atoms with Crippen molar-refractivity contribution in [1.82, 2.24) is 25.1 Å². The molecule has 26 heavy (non-hydrogen) atoms. The zero-order valence-corrected chi connectivity index (χ0v) is 14.7. The van der Waals surface area contributed by atoms with Crippen LogP contribution in [0.1, 0.15) is 11.4 Å². The normalized spacial score (nSPS) is 10.4. The van der Waals surface area contributed by atoms with Crippen LogP contribution in [0.5, 0.6) is 0 Å². The Hall–Kier alpha value is -3.42. The summed E-state index contributed by atoms with van der Waals surface area (Å²) in [6.07, 6.45) is 1.49. The number of aryl methyl sites for hydroxylation is 2. The van der Waals surface area contributed by atoms with Crippen LogP contribution in [0.4, 0.5) is 16.3 Å². The summed E-state index contributed by atoms with van der Waals surface area (Å²) in [4.78, 5) is 20.3. The van der Waals surface area contributed by atoms with Gasteiger partial charge in [-0.15, -0.1) is 0 Å². The molecule has 3 N–H and O–H groups in total. The van der Waals surface area contributed by atoms with E-state index >= 15 is 0 Å². The van der Waals surface area contributed by atoms with Crippen molar-refractivity contribution in [1.29, 1.82) is 0 Å². The van der Waals surface area contributed by atoms with Crippen molar-refractivity contribution in [3.05, 3.63) is 60.2 Å². The standard InChI is InChI=1S/C18H21N7O/c1-13-10-14(2)25(24-13)17-11-16(21-12-22-17)19-8-9-20-18(26)23-15-6-4-3-5-7-15/h3-7,10-12H,8-9H2,1-2H3,(H,19,21,22)(H2,20,23,26). The molecule has 0 unspecified atom stereocenters. The molecule has 8 heteroatoms. The third kappa shape index (κ3) is 4.56. The lowest BCUT2D eigenvalue weighted by Crippen LogP contribution is -2.32. The van der Waals surface area contributed by atoms with Crippen LogP contribution in [-0.2, 0) is 0 Å². The maximum atomic E-state index is 11.8. The van der Waals surface area contributed by atoms with Gasteiger partial charge >= 0.3 is 6.03 Å². The Bertz CT molecular complexity index is 876. The van der Waals surface area contributed by atoms with E-state index in [4.69, 9.17) is 0 Å². The van der Waals surface area contributed by atoms with Gasteiger partial charge in [-0.1, -0.05) is 18.2 Å². The number of hydrogen-bond donors (Lipinski definition) is 3. The van der Waals surface area contributed by atoms with E-state index in [2.05, 4.69) is 31.0 Å². The summed E-state index contributed by atoms with van der Waals surface area (Å²) in [7, 11) is 0. The minimum Gasteiger partial charge on any atom is -0.368 e. The maximum Gasteiger partial charge on any atom is 0.319 e. The summed E-state index contributed by atoms with van der Waals surface area (Å²) in [6, 6.07) is 12.9. The third-order valence-electron chi connectivity index (χ3n) is 3.63. The van der Waals surface area contributed by atoms with Crippen LogP contribution in [0.15, 0.2) is 48.8 Å². The molecule has 2 aromatic heterocycles. The van der Waals surface area contributed by atoms with Crippen molar-refractivity contribution >= 4 is 17.5 Å². The highest BCUT2D eigenvalue weighted by Crippen LogP contribution is 2.12. The second-order valence-electron chi connectivity index (χ2n) is 5.77. The fraction of sp³-hybridized carbons (Fsp3) is 0.222. The summed E-state index contributed by atoms with van der Waals surface area (Å²) in [5, 5.41) is 13.1. The highest BCUT2D eigenvalue weighted by Gasteiger charge is 2.06. The molecule has 3 rings (SSSR count). The van der Waals surface area contributed by atoms with Crippen molar-refractivity contribution in [3.63, 3.8) is 0 Å². The minimum absolute atomic E-state index is 0.246. The molecule has 2 heterocycles. The molecule has 0 aliphatic carbocycles. The quantitative estimate of drug-likeness (QED) is 0.593. The van der Waals surface area contributed by atoms with Crippen molar-refractivity contribution < 1.29 is 4.79 Å². The van der Waals surface area contributed by atoms with Gasteiger partial charge in [-0.25, -0.2) is 19.4 Å². The van der Waals surface area contributed by atoms with Crippen molar-refractivity contribution in [2.75, 3.05) is 23.7 Å². The SMILES string of the molecule is Cc1cc(C)n(-c2cc(NCCNC(=O)Nc3ccccc3)ncn2)n1. The van der Waals surface area contributed by atoms with Crippen LogP contribution in [0.3, 0.4) is 0 Å². The lowest BCUT2D eigenvalue weighted by atomic mass is 10.3. The summed E-state index contributed by atoms with van der Waals surface area (Å²) in [6.45, 7) is 4.91. The fourth-order valence-electron chi connectivity index (χ4n) is 2.48. The van der Waals surface area contributed by atoms with Crippen molar-refractivity contribution in [3.8, 4) is 5.82 Å². The summed E-state index contributed by atoms with van der Waals surface area (Å²) in [5.74, 6) is 1.37. The Balaban J connectivity index is 1.49. The van der Waals surface area contributed by atoms with Crippen LogP contribution in [0.25, 0.3) is 5.82 Å². The van der Waals surface area contributed by atoms with Gasteiger partial charge < -0.3 is 16.0 Å². The number of nitrogens with one attached hydrogen (secondary N) is 3. The van der Waals surface area contributed by atoms with Crippen LogP contribution in [-0.4, -0.2) is 38.9 Å². The van der Waals surface area contributed by atoms with E-state index < -0.39 is 0 Å². The van der Waals surface area contributed by atoms with Crippen molar-refractivity contribution in [2.24, 2.45) is 0 Å². The van der Waals surface area contributed by atoms with Gasteiger partial charge in [0.2, 0.25) is 0 Å². The topological polar surface area (TPSA) is 96.8 Å². The molecule has 0 aliphatic rings. The highest BCUT2D eigenvalue weighted by molar-refractivity contribution is 5.89. The molecule has 0 fully saturated rings. The number of amides is 2. The van der Waals surface area contributed by atoms with Gasteiger partial charge in [0.25, 0.3) is 0 Å². The van der Waals surface area contributed by atoms with E-state index in [1.807, 2.05) is 56.3 Å². The van der Waals surface area contributed by atoms with Gasteiger partial charge in [0.05, 0.1) is 5.69 Å². The summed E-state index contributed by atoms with van der Waals surface area (Å²) < 4.78 is 1.77. The number of carbonyl (C=O) groups is 1. The average Bonchev–Trinajstić information content (AvgIpc) is 2.98. The van der Waals surface area contributed by atoms with Crippen LogP contribution in [0.2, 0.25) is 0 Å². The Morgan fingerprint density at radius 1 is 1.08 bits per heavy atom. The Morgan fingerprint density at radius 3 is 2.62 bits per heavy atom. The lowest BCUT2D eigenvalue weighted by Gasteiger charge is -2.10. The molecule has 0 saturated heterocycles. The molecule has 0 radical (unpaired) electrons. The van der Waals surface area contributed by atoms with Gasteiger partial charge in [0.1, 0.15) is 12.1 Å². The Morgan fingerprint density at radius 2 is 1.88 bits per heavy atom. The molecule has 8 nitrogen and oxygen atoms in total. The monoisotopic (exact) mass is 351 g/mol. The van der Waals surface area contributed by atoms with Crippen LogP contribution < -0.4 is 16.0 Å². The predicted octanol–water partition coefficient (Wildman–Crippen LogP) is 2.51. The zero-order valence-electron chi connectivity index (χ0n) is 14.7. The molecular formula is C18H21N7O. The van der Waals surface area contributed by atoms with Crippen LogP contribution >= 0.6 is 0 Å². The number of nitrogens with zero attached hydrogens (tertiary/aromatic N) is 4. The second kappa shape index (κ2) is 8.11. The second-order valence-corrected chi connectivity index (χ2v) is 5.77. The molecule has 0 aliphatic heterocycles.